The van der Waals surface area contributed by atoms with Gasteiger partial charge in [0.1, 0.15) is 11.5 Å². The van der Waals surface area contributed by atoms with Gasteiger partial charge in [-0.1, -0.05) is 129 Å². The quantitative estimate of drug-likeness (QED) is 0.210. The second kappa shape index (κ2) is 15.1. The molecule has 1 fully saturated rings. The monoisotopic (exact) mass is 653 g/mol. The van der Waals surface area contributed by atoms with Gasteiger partial charge in [-0.3, -0.25) is 4.79 Å². The van der Waals surface area contributed by atoms with Crippen LogP contribution < -0.4 is 10.1 Å². The van der Waals surface area contributed by atoms with Gasteiger partial charge in [-0.25, -0.2) is 0 Å². The van der Waals surface area contributed by atoms with Crippen LogP contribution in [0.25, 0.3) is 0 Å². The Morgan fingerprint density at radius 3 is 2.06 bits per heavy atom. The van der Waals surface area contributed by atoms with Gasteiger partial charge < -0.3 is 14.5 Å². The zero-order valence-electron chi connectivity index (χ0n) is 30.3. The molecule has 47 heavy (non-hydrogen) atoms. The molecule has 1 aliphatic carbocycles. The van der Waals surface area contributed by atoms with Crippen molar-refractivity contribution in [1.82, 2.24) is 0 Å². The molecule has 0 spiro atoms. The molecule has 1 amide bonds. The molecule has 2 atom stereocenters. The Morgan fingerprint density at radius 2 is 1.49 bits per heavy atom. The van der Waals surface area contributed by atoms with Crippen LogP contribution in [0, 0.1) is 17.3 Å². The first-order valence-corrected chi connectivity index (χ1v) is 21.0. The van der Waals surface area contributed by atoms with E-state index in [4.69, 9.17) is 9.16 Å². The minimum Gasteiger partial charge on any atom is -0.457 e. The summed E-state index contributed by atoms with van der Waals surface area (Å²) < 4.78 is 12.9. The normalized spacial score (nSPS) is 17.0. The largest absolute Gasteiger partial charge is 0.457 e. The Hall–Kier alpha value is -2.89. The SMILES string of the molecule is C[SiH](C)OC(CCCC(C1CCCCC1)C(C)(C)C)c1ccc(C(C)(C)C)c(NC(=O)CC2c3ccccc3Oc3ccccc32)c1. The third-order valence-electron chi connectivity index (χ3n) is 10.4. The van der Waals surface area contributed by atoms with Crippen molar-refractivity contribution in [2.75, 3.05) is 5.32 Å². The van der Waals surface area contributed by atoms with E-state index in [9.17, 15) is 4.79 Å². The second-order valence-electron chi connectivity index (χ2n) is 16.5. The standard InChI is InChI=1S/C42H59NO3Si/c1-41(2,3)34(29-17-10-9-11-18-29)21-16-24-37(46-47(7)8)30-25-26-35(42(4,5)6)36(27-30)43-40(44)28-33-31-19-12-14-22-38(31)45-39-23-15-13-20-32(33)39/h12-15,19-20,22-23,25-27,29,33-34,37,47H,9-11,16-18,21,24,28H2,1-8H3,(H,43,44). The smallest absolute Gasteiger partial charge is 0.225 e. The molecule has 0 radical (unpaired) electrons. The van der Waals surface area contributed by atoms with Crippen molar-refractivity contribution in [2.24, 2.45) is 17.3 Å². The van der Waals surface area contributed by atoms with Crippen LogP contribution >= 0.6 is 0 Å². The molecule has 5 rings (SSSR count). The van der Waals surface area contributed by atoms with Crippen molar-refractivity contribution in [3.8, 4) is 11.5 Å². The molecular formula is C42H59NO3Si. The average Bonchev–Trinajstić information content (AvgIpc) is 3.01. The molecule has 1 N–H and O–H groups in total. The molecule has 0 bridgehead atoms. The summed E-state index contributed by atoms with van der Waals surface area (Å²) in [5.74, 6) is 3.21. The first kappa shape index (κ1) is 35.4. The molecule has 1 saturated carbocycles. The molecule has 3 aromatic carbocycles. The fourth-order valence-electron chi connectivity index (χ4n) is 8.21. The van der Waals surface area contributed by atoms with E-state index in [-0.39, 0.29) is 23.3 Å². The lowest BCUT2D eigenvalue weighted by atomic mass is 9.66. The number of hydrogen-bond acceptors (Lipinski definition) is 3. The van der Waals surface area contributed by atoms with Gasteiger partial charge in [0.2, 0.25) is 5.91 Å². The van der Waals surface area contributed by atoms with Gasteiger partial charge in [0.15, 0.2) is 9.04 Å². The van der Waals surface area contributed by atoms with Crippen LogP contribution in [0.15, 0.2) is 66.7 Å². The summed E-state index contributed by atoms with van der Waals surface area (Å²) in [7, 11) is -1.31. The zero-order valence-corrected chi connectivity index (χ0v) is 31.5. The number of rotatable bonds is 11. The fourth-order valence-corrected chi connectivity index (χ4v) is 9.16. The van der Waals surface area contributed by atoms with E-state index in [2.05, 4.69) is 90.3 Å². The third-order valence-corrected chi connectivity index (χ3v) is 11.3. The van der Waals surface area contributed by atoms with Crippen LogP contribution in [0.3, 0.4) is 0 Å². The maximum absolute atomic E-state index is 14.0. The number of hydrogen-bond donors (Lipinski definition) is 1. The van der Waals surface area contributed by atoms with Crippen molar-refractivity contribution in [1.29, 1.82) is 0 Å². The lowest BCUT2D eigenvalue weighted by molar-refractivity contribution is -0.116. The number of benzene rings is 3. The van der Waals surface area contributed by atoms with Gasteiger partial charge in [0.05, 0.1) is 6.10 Å². The number of anilines is 1. The van der Waals surface area contributed by atoms with E-state index in [1.165, 1.54) is 44.1 Å². The highest BCUT2D eigenvalue weighted by Gasteiger charge is 2.33. The maximum atomic E-state index is 14.0. The first-order chi connectivity index (χ1) is 22.3. The highest BCUT2D eigenvalue weighted by Crippen LogP contribution is 2.46. The summed E-state index contributed by atoms with van der Waals surface area (Å²) in [5, 5.41) is 3.39. The van der Waals surface area contributed by atoms with Crippen molar-refractivity contribution >= 4 is 20.6 Å². The number of para-hydroxylation sites is 2. The van der Waals surface area contributed by atoms with Crippen LogP contribution in [0.2, 0.25) is 13.1 Å². The number of ether oxygens (including phenoxy) is 1. The number of amides is 1. The van der Waals surface area contributed by atoms with Gasteiger partial charge in [-0.15, -0.1) is 0 Å². The summed E-state index contributed by atoms with van der Waals surface area (Å²) in [5.41, 5.74) is 5.55. The van der Waals surface area contributed by atoms with E-state index >= 15 is 0 Å². The predicted molar refractivity (Wildman–Crippen MR) is 199 cm³/mol. The number of carbonyl (C=O) groups is 1. The average molecular weight is 654 g/mol. The highest BCUT2D eigenvalue weighted by molar-refractivity contribution is 6.48. The summed E-state index contributed by atoms with van der Waals surface area (Å²) in [4.78, 5) is 14.0. The molecule has 0 saturated heterocycles. The van der Waals surface area contributed by atoms with Crippen LogP contribution in [0.1, 0.15) is 134 Å². The minimum atomic E-state index is -1.31. The Kier molecular flexibility index (Phi) is 11.4. The van der Waals surface area contributed by atoms with Crippen molar-refractivity contribution in [2.45, 2.75) is 130 Å². The lowest BCUT2D eigenvalue weighted by Crippen LogP contribution is -2.30. The van der Waals surface area contributed by atoms with Crippen molar-refractivity contribution in [3.63, 3.8) is 0 Å². The minimum absolute atomic E-state index is 0.0142. The van der Waals surface area contributed by atoms with Gasteiger partial charge in [-0.2, -0.15) is 0 Å². The second-order valence-corrected chi connectivity index (χ2v) is 18.9. The van der Waals surface area contributed by atoms with E-state index in [1.807, 2.05) is 36.4 Å². The Morgan fingerprint density at radius 1 is 0.872 bits per heavy atom. The van der Waals surface area contributed by atoms with Crippen LogP contribution in [0.5, 0.6) is 11.5 Å². The highest BCUT2D eigenvalue weighted by atomic mass is 28.3. The summed E-state index contributed by atoms with van der Waals surface area (Å²) in [6, 6.07) is 22.9. The molecule has 4 nitrogen and oxygen atoms in total. The molecule has 0 aromatic heterocycles. The summed E-state index contributed by atoms with van der Waals surface area (Å²) in [6.07, 6.45) is 10.8. The van der Waals surface area contributed by atoms with Gasteiger partial charge in [0.25, 0.3) is 0 Å². The lowest BCUT2D eigenvalue weighted by Gasteiger charge is -2.39. The fraction of sp³-hybridized carbons (Fsp3) is 0.548. The molecule has 3 aromatic rings. The molecular weight excluding hydrogens is 595 g/mol. The number of carbonyl (C=O) groups excluding carboxylic acids is 1. The molecule has 2 aliphatic rings. The van der Waals surface area contributed by atoms with Crippen LogP contribution in [-0.4, -0.2) is 14.9 Å². The van der Waals surface area contributed by atoms with E-state index in [1.54, 1.807) is 0 Å². The Labute approximate surface area is 286 Å². The molecule has 254 valence electrons. The van der Waals surface area contributed by atoms with E-state index < -0.39 is 9.04 Å². The molecule has 1 aliphatic heterocycles. The number of nitrogens with one attached hydrogen (secondary N) is 1. The van der Waals surface area contributed by atoms with Gasteiger partial charge >= 0.3 is 0 Å². The molecule has 5 heteroatoms. The van der Waals surface area contributed by atoms with Gasteiger partial charge in [0, 0.05) is 29.2 Å². The Balaban J connectivity index is 1.36. The topological polar surface area (TPSA) is 47.6 Å². The summed E-state index contributed by atoms with van der Waals surface area (Å²) in [6.45, 7) is 18.5. The maximum Gasteiger partial charge on any atom is 0.225 e. The van der Waals surface area contributed by atoms with Crippen molar-refractivity contribution < 1.29 is 14.0 Å². The zero-order chi connectivity index (χ0) is 33.8. The van der Waals surface area contributed by atoms with Crippen molar-refractivity contribution in [3.05, 3.63) is 89.0 Å². The van der Waals surface area contributed by atoms with Gasteiger partial charge in [-0.05, 0) is 77.9 Å². The van der Waals surface area contributed by atoms with E-state index in [0.29, 0.717) is 11.8 Å². The van der Waals surface area contributed by atoms with E-state index in [0.717, 1.165) is 58.6 Å². The van der Waals surface area contributed by atoms with Crippen LogP contribution in [0.4, 0.5) is 5.69 Å². The first-order valence-electron chi connectivity index (χ1n) is 18.3. The predicted octanol–water partition coefficient (Wildman–Crippen LogP) is 11.7. The Bertz CT molecular complexity index is 1450. The van der Waals surface area contributed by atoms with Crippen LogP contribution in [-0.2, 0) is 14.6 Å². The molecule has 2 unspecified atom stereocenters. The molecule has 1 heterocycles. The third kappa shape index (κ3) is 8.97. The summed E-state index contributed by atoms with van der Waals surface area (Å²) >= 11 is 0. The number of fused-ring (bicyclic) bond motifs is 2.